The molecule has 2 aromatic carbocycles. The Morgan fingerprint density at radius 3 is 2.70 bits per heavy atom. The molecule has 0 fully saturated rings. The average Bonchev–Trinajstić information content (AvgIpc) is 2.45. The molecule has 20 heavy (non-hydrogen) atoms. The number of hydrogen-bond donors (Lipinski definition) is 2. The second kappa shape index (κ2) is 6.77. The fourth-order valence-electron chi connectivity index (χ4n) is 1.98. The van der Waals surface area contributed by atoms with Gasteiger partial charge in [0.2, 0.25) is 0 Å². The molecule has 0 aliphatic rings. The number of ether oxygens (including phenoxy) is 1. The van der Waals surface area contributed by atoms with Gasteiger partial charge in [0, 0.05) is 28.7 Å². The Balaban J connectivity index is 2.01. The molecular weight excluding hydrogens is 318 g/mol. The molecule has 0 aromatic heterocycles. The van der Waals surface area contributed by atoms with Crippen LogP contribution in [0.5, 0.6) is 11.5 Å². The van der Waals surface area contributed by atoms with Crippen molar-refractivity contribution < 1.29 is 9.84 Å². The minimum Gasteiger partial charge on any atom is -0.507 e. The number of phenolic OH excluding ortho intramolecular Hbond substituents is 1. The third-order valence-corrected chi connectivity index (χ3v) is 3.73. The van der Waals surface area contributed by atoms with Gasteiger partial charge in [0.1, 0.15) is 11.5 Å². The van der Waals surface area contributed by atoms with E-state index < -0.39 is 0 Å². The molecule has 0 saturated carbocycles. The minimum atomic E-state index is 0.203. The van der Waals surface area contributed by atoms with Crippen LogP contribution < -0.4 is 10.1 Å². The smallest absolute Gasteiger partial charge is 0.123 e. The Bertz CT molecular complexity index is 586. The molecule has 0 aliphatic carbocycles. The molecule has 2 N–H and O–H groups in total. The number of nitrogens with one attached hydrogen (secondary N) is 1. The summed E-state index contributed by atoms with van der Waals surface area (Å²) in [7, 11) is 1.59. The van der Waals surface area contributed by atoms with Crippen LogP contribution in [0.3, 0.4) is 0 Å². The Hall–Kier alpha value is -1.52. The molecule has 0 spiro atoms. The molecule has 0 bridgehead atoms. The fraction of sp³-hybridized carbons (Fsp3) is 0.250. The van der Waals surface area contributed by atoms with Gasteiger partial charge < -0.3 is 15.2 Å². The summed E-state index contributed by atoms with van der Waals surface area (Å²) in [6, 6.07) is 13.7. The standard InChI is InChI=1S/C16H18BrNO2/c1-11(12-4-3-5-14(17)8-12)18-10-13-6-7-15(20-2)9-16(13)19/h3-9,11,18-19H,10H2,1-2H3. The maximum absolute atomic E-state index is 9.92. The summed E-state index contributed by atoms with van der Waals surface area (Å²) in [6.07, 6.45) is 0. The maximum Gasteiger partial charge on any atom is 0.123 e. The van der Waals surface area contributed by atoms with Crippen LogP contribution in [0.1, 0.15) is 24.1 Å². The van der Waals surface area contributed by atoms with Gasteiger partial charge in [-0.2, -0.15) is 0 Å². The van der Waals surface area contributed by atoms with Gasteiger partial charge in [-0.15, -0.1) is 0 Å². The van der Waals surface area contributed by atoms with Gasteiger partial charge in [-0.25, -0.2) is 0 Å². The van der Waals surface area contributed by atoms with Crippen molar-refractivity contribution in [1.82, 2.24) is 5.32 Å². The van der Waals surface area contributed by atoms with E-state index in [2.05, 4.69) is 40.3 Å². The van der Waals surface area contributed by atoms with E-state index in [0.717, 1.165) is 10.0 Å². The van der Waals surface area contributed by atoms with Crippen molar-refractivity contribution in [3.05, 3.63) is 58.1 Å². The van der Waals surface area contributed by atoms with Gasteiger partial charge in [0.05, 0.1) is 7.11 Å². The summed E-state index contributed by atoms with van der Waals surface area (Å²) < 4.78 is 6.14. The molecule has 3 nitrogen and oxygen atoms in total. The summed E-state index contributed by atoms with van der Waals surface area (Å²) in [5.74, 6) is 0.907. The fourth-order valence-corrected chi connectivity index (χ4v) is 2.39. The van der Waals surface area contributed by atoms with Crippen molar-refractivity contribution in [3.8, 4) is 11.5 Å². The monoisotopic (exact) mass is 335 g/mol. The highest BCUT2D eigenvalue weighted by Crippen LogP contribution is 2.24. The van der Waals surface area contributed by atoms with Gasteiger partial charge in [-0.05, 0) is 30.7 Å². The quantitative estimate of drug-likeness (QED) is 0.867. The van der Waals surface area contributed by atoms with Gasteiger partial charge in [0.25, 0.3) is 0 Å². The van der Waals surface area contributed by atoms with Gasteiger partial charge in [-0.1, -0.05) is 34.1 Å². The van der Waals surface area contributed by atoms with E-state index in [-0.39, 0.29) is 11.8 Å². The molecule has 0 heterocycles. The van der Waals surface area contributed by atoms with E-state index in [9.17, 15) is 5.11 Å². The predicted molar refractivity (Wildman–Crippen MR) is 84.1 cm³/mol. The lowest BCUT2D eigenvalue weighted by atomic mass is 10.1. The van der Waals surface area contributed by atoms with E-state index in [1.54, 1.807) is 13.2 Å². The number of aromatic hydroxyl groups is 1. The molecule has 4 heteroatoms. The summed E-state index contributed by atoms with van der Waals surface area (Å²) in [5, 5.41) is 13.3. The Morgan fingerprint density at radius 1 is 1.25 bits per heavy atom. The highest BCUT2D eigenvalue weighted by atomic mass is 79.9. The van der Waals surface area contributed by atoms with Crippen LogP contribution in [-0.2, 0) is 6.54 Å². The zero-order valence-electron chi connectivity index (χ0n) is 11.6. The van der Waals surface area contributed by atoms with Crippen LogP contribution in [-0.4, -0.2) is 12.2 Å². The molecule has 2 aromatic rings. The number of halogens is 1. The predicted octanol–water partition coefficient (Wildman–Crippen LogP) is 4.01. The molecule has 2 rings (SSSR count). The molecular formula is C16H18BrNO2. The molecule has 0 radical (unpaired) electrons. The summed E-state index contributed by atoms with van der Waals surface area (Å²) in [4.78, 5) is 0. The zero-order chi connectivity index (χ0) is 14.5. The third-order valence-electron chi connectivity index (χ3n) is 3.24. The second-order valence-corrected chi connectivity index (χ2v) is 5.57. The van der Waals surface area contributed by atoms with E-state index in [0.29, 0.717) is 12.3 Å². The van der Waals surface area contributed by atoms with E-state index in [1.807, 2.05) is 24.3 Å². The lowest BCUT2D eigenvalue weighted by Crippen LogP contribution is -2.18. The second-order valence-electron chi connectivity index (χ2n) is 4.65. The first-order chi connectivity index (χ1) is 9.60. The molecule has 0 saturated heterocycles. The lowest BCUT2D eigenvalue weighted by molar-refractivity contribution is 0.405. The van der Waals surface area contributed by atoms with Crippen molar-refractivity contribution in [2.75, 3.05) is 7.11 Å². The van der Waals surface area contributed by atoms with Crippen molar-refractivity contribution in [2.24, 2.45) is 0 Å². The maximum atomic E-state index is 9.92. The summed E-state index contributed by atoms with van der Waals surface area (Å²) in [5.41, 5.74) is 2.06. The largest absolute Gasteiger partial charge is 0.507 e. The molecule has 1 unspecified atom stereocenters. The number of methoxy groups -OCH3 is 1. The minimum absolute atomic E-state index is 0.203. The Labute approximate surface area is 127 Å². The number of phenols is 1. The van der Waals surface area contributed by atoms with Crippen LogP contribution in [0.4, 0.5) is 0 Å². The van der Waals surface area contributed by atoms with Crippen LogP contribution in [0.15, 0.2) is 46.9 Å². The van der Waals surface area contributed by atoms with Crippen LogP contribution >= 0.6 is 15.9 Å². The zero-order valence-corrected chi connectivity index (χ0v) is 13.1. The third kappa shape index (κ3) is 3.74. The molecule has 106 valence electrons. The number of benzene rings is 2. The van der Waals surface area contributed by atoms with Crippen LogP contribution in [0.2, 0.25) is 0 Å². The highest BCUT2D eigenvalue weighted by Gasteiger charge is 2.08. The Kier molecular flexibility index (Phi) is 5.04. The van der Waals surface area contributed by atoms with Gasteiger partial charge in [-0.3, -0.25) is 0 Å². The van der Waals surface area contributed by atoms with E-state index in [1.165, 1.54) is 5.56 Å². The normalized spacial score (nSPS) is 12.2. The van der Waals surface area contributed by atoms with E-state index >= 15 is 0 Å². The number of hydrogen-bond acceptors (Lipinski definition) is 3. The summed E-state index contributed by atoms with van der Waals surface area (Å²) in [6.45, 7) is 2.70. The molecule has 0 aliphatic heterocycles. The lowest BCUT2D eigenvalue weighted by Gasteiger charge is -2.15. The molecule has 1 atom stereocenters. The topological polar surface area (TPSA) is 41.5 Å². The van der Waals surface area contributed by atoms with Crippen LogP contribution in [0, 0.1) is 0 Å². The number of rotatable bonds is 5. The Morgan fingerprint density at radius 2 is 2.05 bits per heavy atom. The molecule has 0 amide bonds. The van der Waals surface area contributed by atoms with Crippen molar-refractivity contribution in [3.63, 3.8) is 0 Å². The summed E-state index contributed by atoms with van der Waals surface area (Å²) >= 11 is 3.47. The highest BCUT2D eigenvalue weighted by molar-refractivity contribution is 9.10. The van der Waals surface area contributed by atoms with Gasteiger partial charge in [0.15, 0.2) is 0 Å². The van der Waals surface area contributed by atoms with E-state index in [4.69, 9.17) is 4.74 Å². The van der Waals surface area contributed by atoms with Crippen LogP contribution in [0.25, 0.3) is 0 Å². The first kappa shape index (κ1) is 14.9. The first-order valence-electron chi connectivity index (χ1n) is 6.45. The van der Waals surface area contributed by atoms with Gasteiger partial charge >= 0.3 is 0 Å². The first-order valence-corrected chi connectivity index (χ1v) is 7.24. The van der Waals surface area contributed by atoms with Crippen molar-refractivity contribution in [2.45, 2.75) is 19.5 Å². The average molecular weight is 336 g/mol. The SMILES string of the molecule is COc1ccc(CNC(C)c2cccc(Br)c2)c(O)c1. The van der Waals surface area contributed by atoms with Crippen molar-refractivity contribution >= 4 is 15.9 Å². The van der Waals surface area contributed by atoms with Crippen molar-refractivity contribution in [1.29, 1.82) is 0 Å².